The Morgan fingerprint density at radius 3 is 2.32 bits per heavy atom. The van der Waals surface area contributed by atoms with Gasteiger partial charge in [-0.1, -0.05) is 51.1 Å². The molecule has 1 amide bonds. The highest BCUT2D eigenvalue weighted by molar-refractivity contribution is 7.12. The van der Waals surface area contributed by atoms with Gasteiger partial charge in [-0.05, 0) is 23.1 Å². The second-order valence-electron chi connectivity index (χ2n) is 6.84. The van der Waals surface area contributed by atoms with Gasteiger partial charge in [-0.2, -0.15) is 0 Å². The third-order valence-electron chi connectivity index (χ3n) is 3.75. The first-order chi connectivity index (χ1) is 11.7. The van der Waals surface area contributed by atoms with E-state index in [9.17, 15) is 14.7 Å². The van der Waals surface area contributed by atoms with E-state index >= 15 is 0 Å². The standard InChI is InChI=1S/C19H23NO4S/c1-19(2,3)15-11-10-14(25-15)16(17(21)22)20(4)18(23)24-12-13-8-6-5-7-9-13/h5-11,16H,12H2,1-4H3,(H,21,22). The van der Waals surface area contributed by atoms with Crippen molar-refractivity contribution in [1.82, 2.24) is 4.90 Å². The van der Waals surface area contributed by atoms with E-state index in [4.69, 9.17) is 4.74 Å². The van der Waals surface area contributed by atoms with Crippen molar-refractivity contribution in [2.24, 2.45) is 0 Å². The Morgan fingerprint density at radius 1 is 1.16 bits per heavy atom. The van der Waals surface area contributed by atoms with Gasteiger partial charge >= 0.3 is 12.1 Å². The molecule has 0 fully saturated rings. The van der Waals surface area contributed by atoms with Crippen LogP contribution in [0.2, 0.25) is 0 Å². The molecule has 0 aliphatic heterocycles. The SMILES string of the molecule is CN(C(=O)OCc1ccccc1)C(C(=O)O)c1ccc(C(C)(C)C)s1. The van der Waals surface area contributed by atoms with E-state index in [1.54, 1.807) is 6.07 Å². The largest absolute Gasteiger partial charge is 0.479 e. The number of carbonyl (C=O) groups excluding carboxylic acids is 1. The third kappa shape index (κ3) is 4.82. The van der Waals surface area contributed by atoms with Crippen LogP contribution in [0.25, 0.3) is 0 Å². The number of ether oxygens (including phenoxy) is 1. The number of rotatable bonds is 5. The molecule has 6 heteroatoms. The van der Waals surface area contributed by atoms with Gasteiger partial charge in [-0.15, -0.1) is 11.3 Å². The molecule has 0 bridgehead atoms. The van der Waals surface area contributed by atoms with Gasteiger partial charge in [0.1, 0.15) is 6.61 Å². The van der Waals surface area contributed by atoms with E-state index < -0.39 is 18.1 Å². The summed E-state index contributed by atoms with van der Waals surface area (Å²) in [6, 6.07) is 11.9. The minimum Gasteiger partial charge on any atom is -0.479 e. The second kappa shape index (κ2) is 7.70. The lowest BCUT2D eigenvalue weighted by Gasteiger charge is -2.23. The number of carboxylic acids is 1. The van der Waals surface area contributed by atoms with Crippen molar-refractivity contribution in [2.45, 2.75) is 38.8 Å². The predicted molar refractivity (Wildman–Crippen MR) is 97.8 cm³/mol. The summed E-state index contributed by atoms with van der Waals surface area (Å²) in [5, 5.41) is 9.60. The van der Waals surface area contributed by atoms with Crippen molar-refractivity contribution >= 4 is 23.4 Å². The first kappa shape index (κ1) is 19.0. The lowest BCUT2D eigenvalue weighted by Crippen LogP contribution is -2.35. The summed E-state index contributed by atoms with van der Waals surface area (Å²) in [6.07, 6.45) is -0.665. The lowest BCUT2D eigenvalue weighted by atomic mass is 9.95. The highest BCUT2D eigenvalue weighted by atomic mass is 32.1. The van der Waals surface area contributed by atoms with Gasteiger partial charge in [0, 0.05) is 16.8 Å². The lowest BCUT2D eigenvalue weighted by molar-refractivity contribution is -0.142. The minimum atomic E-state index is -1.08. The molecule has 0 saturated carbocycles. The zero-order valence-electron chi connectivity index (χ0n) is 14.9. The van der Waals surface area contributed by atoms with E-state index in [0.717, 1.165) is 15.3 Å². The number of amides is 1. The van der Waals surface area contributed by atoms with Crippen molar-refractivity contribution in [1.29, 1.82) is 0 Å². The maximum absolute atomic E-state index is 12.3. The summed E-state index contributed by atoms with van der Waals surface area (Å²) in [5.41, 5.74) is 0.778. The van der Waals surface area contributed by atoms with Crippen LogP contribution in [-0.4, -0.2) is 29.1 Å². The molecule has 1 aromatic carbocycles. The molecule has 0 radical (unpaired) electrons. The molecule has 1 atom stereocenters. The van der Waals surface area contributed by atoms with E-state index in [2.05, 4.69) is 20.8 Å². The Morgan fingerprint density at radius 2 is 1.80 bits per heavy atom. The van der Waals surface area contributed by atoms with Crippen LogP contribution in [0.5, 0.6) is 0 Å². The molecular weight excluding hydrogens is 338 g/mol. The Labute approximate surface area is 151 Å². The normalized spacial score (nSPS) is 12.5. The summed E-state index contributed by atoms with van der Waals surface area (Å²) in [4.78, 5) is 26.8. The molecule has 0 aliphatic rings. The Hall–Kier alpha value is -2.34. The number of carbonyl (C=O) groups is 2. The molecule has 1 unspecified atom stereocenters. The van der Waals surface area contributed by atoms with Gasteiger partial charge in [-0.3, -0.25) is 4.90 Å². The van der Waals surface area contributed by atoms with Gasteiger partial charge in [0.15, 0.2) is 6.04 Å². The number of nitrogens with zero attached hydrogens (tertiary/aromatic N) is 1. The number of aliphatic carboxylic acids is 1. The van der Waals surface area contributed by atoms with Gasteiger partial charge in [0.2, 0.25) is 0 Å². The van der Waals surface area contributed by atoms with E-state index in [-0.39, 0.29) is 12.0 Å². The van der Waals surface area contributed by atoms with Crippen molar-refractivity contribution in [3.63, 3.8) is 0 Å². The number of benzene rings is 1. The predicted octanol–water partition coefficient (Wildman–Crippen LogP) is 4.44. The zero-order valence-corrected chi connectivity index (χ0v) is 15.7. The number of likely N-dealkylation sites (N-methyl/N-ethyl adjacent to an activating group) is 1. The van der Waals surface area contributed by atoms with Crippen molar-refractivity contribution in [3.05, 3.63) is 57.8 Å². The van der Waals surface area contributed by atoms with Gasteiger partial charge in [-0.25, -0.2) is 9.59 Å². The molecule has 0 saturated heterocycles. The summed E-state index contributed by atoms with van der Waals surface area (Å²) < 4.78 is 5.24. The van der Waals surface area contributed by atoms with E-state index in [1.807, 2.05) is 36.4 Å². The second-order valence-corrected chi connectivity index (χ2v) is 7.96. The summed E-state index contributed by atoms with van der Waals surface area (Å²) in [7, 11) is 1.45. The summed E-state index contributed by atoms with van der Waals surface area (Å²) in [6.45, 7) is 6.30. The average Bonchev–Trinajstić information content (AvgIpc) is 3.03. The van der Waals surface area contributed by atoms with Crippen molar-refractivity contribution in [2.75, 3.05) is 7.05 Å². The molecule has 1 N–H and O–H groups in total. The van der Waals surface area contributed by atoms with Crippen molar-refractivity contribution in [3.8, 4) is 0 Å². The third-order valence-corrected chi connectivity index (χ3v) is 5.31. The molecule has 134 valence electrons. The molecule has 5 nitrogen and oxygen atoms in total. The van der Waals surface area contributed by atoms with Crippen LogP contribution in [0, 0.1) is 0 Å². The molecule has 0 aliphatic carbocycles. The molecular formula is C19H23NO4S. The minimum absolute atomic E-state index is 0.0711. The smallest absolute Gasteiger partial charge is 0.410 e. The first-order valence-corrected chi connectivity index (χ1v) is 8.78. The zero-order chi connectivity index (χ0) is 18.6. The number of carboxylic acid groups (broad SMARTS) is 1. The maximum Gasteiger partial charge on any atom is 0.410 e. The van der Waals surface area contributed by atoms with Crippen LogP contribution in [0.1, 0.15) is 42.1 Å². The summed E-state index contributed by atoms with van der Waals surface area (Å²) in [5.74, 6) is -1.08. The van der Waals surface area contributed by atoms with Crippen LogP contribution in [0.15, 0.2) is 42.5 Å². The molecule has 25 heavy (non-hydrogen) atoms. The monoisotopic (exact) mass is 361 g/mol. The maximum atomic E-state index is 12.3. The first-order valence-electron chi connectivity index (χ1n) is 7.96. The Bertz CT molecular complexity index is 733. The fourth-order valence-electron chi connectivity index (χ4n) is 2.31. The molecule has 2 rings (SSSR count). The molecule has 2 aromatic rings. The quantitative estimate of drug-likeness (QED) is 0.855. The molecule has 1 aromatic heterocycles. The Kier molecular flexibility index (Phi) is 5.85. The van der Waals surface area contributed by atoms with Crippen LogP contribution >= 0.6 is 11.3 Å². The van der Waals surface area contributed by atoms with Crippen LogP contribution < -0.4 is 0 Å². The van der Waals surface area contributed by atoms with E-state index in [1.165, 1.54) is 18.4 Å². The highest BCUT2D eigenvalue weighted by Gasteiger charge is 2.31. The Balaban J connectivity index is 2.12. The van der Waals surface area contributed by atoms with Gasteiger partial charge < -0.3 is 9.84 Å². The van der Waals surface area contributed by atoms with Crippen LogP contribution in [0.4, 0.5) is 4.79 Å². The molecule has 0 spiro atoms. The number of hydrogen-bond acceptors (Lipinski definition) is 4. The highest BCUT2D eigenvalue weighted by Crippen LogP contribution is 2.34. The number of hydrogen-bond donors (Lipinski definition) is 1. The van der Waals surface area contributed by atoms with Crippen LogP contribution in [0.3, 0.4) is 0 Å². The fourth-order valence-corrected chi connectivity index (χ4v) is 3.51. The van der Waals surface area contributed by atoms with Gasteiger partial charge in [0.25, 0.3) is 0 Å². The van der Waals surface area contributed by atoms with Crippen LogP contribution in [-0.2, 0) is 21.6 Å². The van der Waals surface area contributed by atoms with Gasteiger partial charge in [0.05, 0.1) is 0 Å². The van der Waals surface area contributed by atoms with E-state index in [0.29, 0.717) is 4.88 Å². The average molecular weight is 361 g/mol. The number of thiophene rings is 1. The fraction of sp³-hybridized carbons (Fsp3) is 0.368. The topological polar surface area (TPSA) is 66.8 Å². The van der Waals surface area contributed by atoms with Crippen molar-refractivity contribution < 1.29 is 19.4 Å². The molecule has 1 heterocycles. The summed E-state index contributed by atoms with van der Waals surface area (Å²) >= 11 is 1.41.